The van der Waals surface area contributed by atoms with Gasteiger partial charge in [0.05, 0.1) is 5.69 Å². The number of hydrogen-bond acceptors (Lipinski definition) is 3. The van der Waals surface area contributed by atoms with Crippen LogP contribution in [0.25, 0.3) is 0 Å². The zero-order valence-corrected chi connectivity index (χ0v) is 14.5. The van der Waals surface area contributed by atoms with Crippen LogP contribution in [0.5, 0.6) is 0 Å². The first-order chi connectivity index (χ1) is 11.6. The van der Waals surface area contributed by atoms with E-state index in [2.05, 4.69) is 26.3 Å². The molecule has 1 heterocycles. The molecule has 2 amide bonds. The molecule has 0 saturated heterocycles. The van der Waals surface area contributed by atoms with Crippen LogP contribution in [0.15, 0.2) is 64.2 Å². The van der Waals surface area contributed by atoms with Gasteiger partial charge >= 0.3 is 0 Å². The fraction of sp³-hybridized carbons (Fsp3) is 0.167. The molecule has 1 N–H and O–H groups in total. The summed E-state index contributed by atoms with van der Waals surface area (Å²) < 4.78 is 0.917. The molecule has 0 saturated carbocycles. The maximum Gasteiger partial charge on any atom is 0.267 e. The number of carbonyl (C=O) groups is 2. The summed E-state index contributed by atoms with van der Waals surface area (Å²) >= 11 is 3.36. The number of hydrazone groups is 1. The molecule has 2 aromatic carbocycles. The molecule has 0 aliphatic carbocycles. The smallest absolute Gasteiger partial charge is 0.267 e. The SMILES string of the molecule is O=C(NCc1ccccc1)C1=NN(c2ccc(Br)cc2)C(=O)CC1. The van der Waals surface area contributed by atoms with Crippen LogP contribution in [0.3, 0.4) is 0 Å². The molecule has 0 radical (unpaired) electrons. The minimum absolute atomic E-state index is 0.114. The van der Waals surface area contributed by atoms with Crippen LogP contribution in [-0.2, 0) is 16.1 Å². The highest BCUT2D eigenvalue weighted by atomic mass is 79.9. The first kappa shape index (κ1) is 16.4. The minimum atomic E-state index is -0.242. The molecule has 0 aromatic heterocycles. The van der Waals surface area contributed by atoms with E-state index in [4.69, 9.17) is 0 Å². The third kappa shape index (κ3) is 3.89. The largest absolute Gasteiger partial charge is 0.347 e. The number of hydrogen-bond donors (Lipinski definition) is 1. The molecule has 0 bridgehead atoms. The molecule has 3 rings (SSSR count). The predicted octanol–water partition coefficient (Wildman–Crippen LogP) is 3.25. The summed E-state index contributed by atoms with van der Waals surface area (Å²) in [6.07, 6.45) is 0.625. The third-order valence-corrected chi connectivity index (χ3v) is 4.19. The van der Waals surface area contributed by atoms with Gasteiger partial charge in [0.15, 0.2) is 0 Å². The highest BCUT2D eigenvalue weighted by Crippen LogP contribution is 2.22. The maximum absolute atomic E-state index is 12.3. The highest BCUT2D eigenvalue weighted by Gasteiger charge is 2.25. The number of rotatable bonds is 4. The average molecular weight is 386 g/mol. The van der Waals surface area contributed by atoms with Crippen molar-refractivity contribution in [2.24, 2.45) is 5.10 Å². The van der Waals surface area contributed by atoms with Crippen molar-refractivity contribution in [3.8, 4) is 0 Å². The lowest BCUT2D eigenvalue weighted by molar-refractivity contribution is -0.119. The molecule has 0 fully saturated rings. The molecule has 0 spiro atoms. The Bertz CT molecular complexity index is 773. The van der Waals surface area contributed by atoms with E-state index in [0.29, 0.717) is 24.4 Å². The normalized spacial score (nSPS) is 14.3. The molecule has 6 heteroatoms. The van der Waals surface area contributed by atoms with Crippen molar-refractivity contribution in [2.45, 2.75) is 19.4 Å². The Morgan fingerprint density at radius 2 is 1.79 bits per heavy atom. The Labute approximate surface area is 148 Å². The zero-order chi connectivity index (χ0) is 16.9. The summed E-state index contributed by atoms with van der Waals surface area (Å²) in [5, 5.41) is 8.40. The standard InChI is InChI=1S/C18H16BrN3O2/c19-14-6-8-15(9-7-14)22-17(23)11-10-16(21-22)18(24)20-12-13-4-2-1-3-5-13/h1-9H,10-12H2,(H,20,24). The van der Waals surface area contributed by atoms with E-state index in [9.17, 15) is 9.59 Å². The molecule has 122 valence electrons. The van der Waals surface area contributed by atoms with Gasteiger partial charge in [0, 0.05) is 23.9 Å². The minimum Gasteiger partial charge on any atom is -0.347 e. The van der Waals surface area contributed by atoms with Gasteiger partial charge in [-0.2, -0.15) is 5.10 Å². The van der Waals surface area contributed by atoms with Crippen LogP contribution in [0, 0.1) is 0 Å². The molecular formula is C18H16BrN3O2. The van der Waals surface area contributed by atoms with Gasteiger partial charge in [-0.05, 0) is 29.8 Å². The second-order valence-corrected chi connectivity index (χ2v) is 6.31. The van der Waals surface area contributed by atoms with E-state index < -0.39 is 0 Å². The summed E-state index contributed by atoms with van der Waals surface area (Å²) in [5.74, 6) is -0.356. The van der Waals surface area contributed by atoms with E-state index in [-0.39, 0.29) is 18.2 Å². The molecule has 0 unspecified atom stereocenters. The highest BCUT2D eigenvalue weighted by molar-refractivity contribution is 9.10. The van der Waals surface area contributed by atoms with Gasteiger partial charge in [-0.1, -0.05) is 46.3 Å². The summed E-state index contributed by atoms with van der Waals surface area (Å²) in [6, 6.07) is 16.9. The Kier molecular flexibility index (Phi) is 5.05. The Hall–Kier alpha value is -2.47. The van der Waals surface area contributed by atoms with Crippen LogP contribution in [-0.4, -0.2) is 17.5 Å². The first-order valence-electron chi connectivity index (χ1n) is 7.61. The van der Waals surface area contributed by atoms with Crippen LogP contribution in [0.1, 0.15) is 18.4 Å². The summed E-state index contributed by atoms with van der Waals surface area (Å²) in [6.45, 7) is 0.435. The van der Waals surface area contributed by atoms with Gasteiger partial charge < -0.3 is 5.32 Å². The molecule has 1 aliphatic rings. The third-order valence-electron chi connectivity index (χ3n) is 3.66. The van der Waals surface area contributed by atoms with Crippen LogP contribution in [0.2, 0.25) is 0 Å². The Morgan fingerprint density at radius 3 is 2.50 bits per heavy atom. The number of benzene rings is 2. The molecule has 2 aromatic rings. The summed E-state index contributed by atoms with van der Waals surface area (Å²) in [4.78, 5) is 24.4. The fourth-order valence-electron chi connectivity index (χ4n) is 2.38. The van der Waals surface area contributed by atoms with Crippen molar-refractivity contribution >= 4 is 39.1 Å². The predicted molar refractivity (Wildman–Crippen MR) is 96.6 cm³/mol. The lowest BCUT2D eigenvalue weighted by atomic mass is 10.1. The van der Waals surface area contributed by atoms with E-state index in [1.54, 1.807) is 12.1 Å². The van der Waals surface area contributed by atoms with E-state index in [1.165, 1.54) is 5.01 Å². The lowest BCUT2D eigenvalue weighted by Gasteiger charge is -2.23. The maximum atomic E-state index is 12.3. The van der Waals surface area contributed by atoms with Crippen LogP contribution in [0.4, 0.5) is 5.69 Å². The van der Waals surface area contributed by atoms with Gasteiger partial charge in [-0.3, -0.25) is 9.59 Å². The van der Waals surface area contributed by atoms with Crippen molar-refractivity contribution in [1.29, 1.82) is 0 Å². The Balaban J connectivity index is 1.72. The topological polar surface area (TPSA) is 61.8 Å². The average Bonchev–Trinajstić information content (AvgIpc) is 2.62. The first-order valence-corrected chi connectivity index (χ1v) is 8.41. The van der Waals surface area contributed by atoms with Gasteiger partial charge in [0.25, 0.3) is 5.91 Å². The van der Waals surface area contributed by atoms with Crippen LogP contribution < -0.4 is 10.3 Å². The number of amides is 2. The van der Waals surface area contributed by atoms with Crippen molar-refractivity contribution in [1.82, 2.24) is 5.32 Å². The molecule has 1 aliphatic heterocycles. The second kappa shape index (κ2) is 7.40. The Morgan fingerprint density at radius 1 is 1.08 bits per heavy atom. The summed E-state index contributed by atoms with van der Waals surface area (Å²) in [7, 11) is 0. The van der Waals surface area contributed by atoms with E-state index >= 15 is 0 Å². The van der Waals surface area contributed by atoms with Gasteiger partial charge in [-0.15, -0.1) is 0 Å². The number of nitrogens with zero attached hydrogens (tertiary/aromatic N) is 2. The fourth-order valence-corrected chi connectivity index (χ4v) is 2.65. The molecule has 24 heavy (non-hydrogen) atoms. The van der Waals surface area contributed by atoms with E-state index in [0.717, 1.165) is 10.0 Å². The van der Waals surface area contributed by atoms with Crippen molar-refractivity contribution in [2.75, 3.05) is 5.01 Å². The molecular weight excluding hydrogens is 370 g/mol. The van der Waals surface area contributed by atoms with Crippen molar-refractivity contribution in [3.63, 3.8) is 0 Å². The quantitative estimate of drug-likeness (QED) is 0.877. The van der Waals surface area contributed by atoms with Gasteiger partial charge in [-0.25, -0.2) is 5.01 Å². The van der Waals surface area contributed by atoms with Crippen molar-refractivity contribution < 1.29 is 9.59 Å². The number of anilines is 1. The van der Waals surface area contributed by atoms with Gasteiger partial charge in [0.1, 0.15) is 5.71 Å². The van der Waals surface area contributed by atoms with Gasteiger partial charge in [0.2, 0.25) is 5.91 Å². The zero-order valence-electron chi connectivity index (χ0n) is 12.9. The lowest BCUT2D eigenvalue weighted by Crippen LogP contribution is -2.38. The molecule has 0 atom stereocenters. The van der Waals surface area contributed by atoms with Crippen LogP contribution >= 0.6 is 15.9 Å². The molecule has 5 nitrogen and oxygen atoms in total. The van der Waals surface area contributed by atoms with Crippen molar-refractivity contribution in [3.05, 3.63) is 64.6 Å². The number of halogens is 1. The van der Waals surface area contributed by atoms with E-state index in [1.807, 2.05) is 42.5 Å². The summed E-state index contributed by atoms with van der Waals surface area (Å²) in [5.41, 5.74) is 2.04. The second-order valence-electron chi connectivity index (χ2n) is 5.40. The monoisotopic (exact) mass is 385 g/mol. The number of nitrogens with one attached hydrogen (secondary N) is 1. The number of carbonyl (C=O) groups excluding carboxylic acids is 2.